The second-order valence-electron chi connectivity index (χ2n) is 6.39. The van der Waals surface area contributed by atoms with Gasteiger partial charge in [-0.05, 0) is 53.5 Å². The molecule has 2 nitrogen and oxygen atoms in total. The molecule has 1 unspecified atom stereocenters. The maximum atomic E-state index is 11.8. The molecule has 1 N–H and O–H groups in total. The van der Waals surface area contributed by atoms with E-state index < -0.39 is 0 Å². The van der Waals surface area contributed by atoms with Gasteiger partial charge in [-0.15, -0.1) is 0 Å². The van der Waals surface area contributed by atoms with Gasteiger partial charge in [-0.1, -0.05) is 56.7 Å². The van der Waals surface area contributed by atoms with Crippen LogP contribution in [0.15, 0.2) is 42.5 Å². The summed E-state index contributed by atoms with van der Waals surface area (Å²) in [7, 11) is 0. The van der Waals surface area contributed by atoms with Gasteiger partial charge in [-0.3, -0.25) is 4.79 Å². The lowest BCUT2D eigenvalue weighted by atomic mass is 9.90. The molecule has 120 valence electrons. The Kier molecular flexibility index (Phi) is 4.80. The maximum Gasteiger partial charge on any atom is 0.251 e. The van der Waals surface area contributed by atoms with Gasteiger partial charge in [0.25, 0.3) is 5.91 Å². The fraction of sp³-hybridized carbons (Fsp3) is 0.381. The van der Waals surface area contributed by atoms with E-state index in [0.717, 1.165) is 24.1 Å². The quantitative estimate of drug-likeness (QED) is 0.833. The van der Waals surface area contributed by atoms with Crippen LogP contribution in [0.1, 0.15) is 60.5 Å². The Morgan fingerprint density at radius 3 is 2.48 bits per heavy atom. The van der Waals surface area contributed by atoms with Crippen molar-refractivity contribution >= 4 is 5.91 Å². The molecular formula is C21H25NO. The first kappa shape index (κ1) is 15.8. The van der Waals surface area contributed by atoms with E-state index >= 15 is 0 Å². The zero-order valence-electron chi connectivity index (χ0n) is 14.1. The highest BCUT2D eigenvalue weighted by Gasteiger charge is 2.16. The Hall–Kier alpha value is -2.09. The minimum atomic E-state index is 0.0542. The van der Waals surface area contributed by atoms with Crippen molar-refractivity contribution in [3.8, 4) is 11.1 Å². The number of fused-ring (bicyclic) bond motifs is 1. The van der Waals surface area contributed by atoms with Crippen LogP contribution in [-0.4, -0.2) is 12.5 Å². The second kappa shape index (κ2) is 6.99. The van der Waals surface area contributed by atoms with Gasteiger partial charge >= 0.3 is 0 Å². The summed E-state index contributed by atoms with van der Waals surface area (Å²) in [5.74, 6) is 0.722. The smallest absolute Gasteiger partial charge is 0.251 e. The normalized spacial score (nSPS) is 15.0. The van der Waals surface area contributed by atoms with Gasteiger partial charge in [-0.25, -0.2) is 0 Å². The first-order valence-electron chi connectivity index (χ1n) is 8.74. The number of nitrogens with one attached hydrogen (secondary N) is 1. The predicted molar refractivity (Wildman–Crippen MR) is 95.9 cm³/mol. The highest BCUT2D eigenvalue weighted by atomic mass is 16.1. The third kappa shape index (κ3) is 3.31. The summed E-state index contributed by atoms with van der Waals surface area (Å²) in [6.45, 7) is 5.26. The van der Waals surface area contributed by atoms with Crippen LogP contribution in [0.25, 0.3) is 11.1 Å². The molecule has 1 atom stereocenters. The highest BCUT2D eigenvalue weighted by Crippen LogP contribution is 2.29. The fourth-order valence-electron chi connectivity index (χ4n) is 3.51. The molecule has 2 aromatic rings. The summed E-state index contributed by atoms with van der Waals surface area (Å²) < 4.78 is 0. The minimum Gasteiger partial charge on any atom is -0.352 e. The summed E-state index contributed by atoms with van der Waals surface area (Å²) in [6, 6.07) is 15.2. The number of rotatable bonds is 5. The molecule has 1 amide bonds. The molecule has 0 spiro atoms. The number of hydrogen-bond donors (Lipinski definition) is 1. The van der Waals surface area contributed by atoms with Crippen LogP contribution in [-0.2, 0) is 6.42 Å². The summed E-state index contributed by atoms with van der Waals surface area (Å²) in [4.78, 5) is 11.8. The molecule has 0 saturated carbocycles. The second-order valence-corrected chi connectivity index (χ2v) is 6.39. The van der Waals surface area contributed by atoms with Crippen LogP contribution < -0.4 is 5.32 Å². The third-order valence-corrected chi connectivity index (χ3v) is 4.88. The largest absolute Gasteiger partial charge is 0.352 e. The van der Waals surface area contributed by atoms with Crippen LogP contribution in [0.3, 0.4) is 0 Å². The van der Waals surface area contributed by atoms with E-state index in [0.29, 0.717) is 5.92 Å². The van der Waals surface area contributed by atoms with Crippen LogP contribution in [0.2, 0.25) is 0 Å². The van der Waals surface area contributed by atoms with Crippen LogP contribution >= 0.6 is 0 Å². The van der Waals surface area contributed by atoms with Gasteiger partial charge in [0.05, 0.1) is 0 Å². The fourth-order valence-corrected chi connectivity index (χ4v) is 3.51. The molecule has 3 rings (SSSR count). The Morgan fingerprint density at radius 2 is 1.78 bits per heavy atom. The van der Waals surface area contributed by atoms with E-state index in [9.17, 15) is 4.79 Å². The van der Waals surface area contributed by atoms with E-state index in [-0.39, 0.29) is 5.91 Å². The van der Waals surface area contributed by atoms with Crippen LogP contribution in [0.5, 0.6) is 0 Å². The molecule has 1 heterocycles. The van der Waals surface area contributed by atoms with Crippen molar-refractivity contribution in [1.82, 2.24) is 5.32 Å². The van der Waals surface area contributed by atoms with E-state index in [4.69, 9.17) is 0 Å². The standard InChI is InChI=1S/C21H25NO/c1-3-5-15(4-2)16-6-8-17(9-7-16)18-10-11-20-19(14-18)12-13-22-21(20)23/h6-11,14-15H,3-5,12-13H2,1-2H3,(H,22,23). The SMILES string of the molecule is CCCC(CC)c1ccc(-c2ccc3c(c2)CCNC3=O)cc1. The molecular weight excluding hydrogens is 282 g/mol. The molecule has 23 heavy (non-hydrogen) atoms. The molecule has 0 saturated heterocycles. The number of hydrogen-bond acceptors (Lipinski definition) is 1. The number of carbonyl (C=O) groups excluding carboxylic acids is 1. The van der Waals surface area contributed by atoms with Crippen LogP contribution in [0, 0.1) is 0 Å². The van der Waals surface area contributed by atoms with Crippen molar-refractivity contribution in [1.29, 1.82) is 0 Å². The minimum absolute atomic E-state index is 0.0542. The van der Waals surface area contributed by atoms with Gasteiger partial charge < -0.3 is 5.32 Å². The van der Waals surface area contributed by atoms with Crippen molar-refractivity contribution in [2.75, 3.05) is 6.54 Å². The van der Waals surface area contributed by atoms with E-state index in [1.165, 1.54) is 36.0 Å². The van der Waals surface area contributed by atoms with E-state index in [1.54, 1.807) is 0 Å². The molecule has 0 aliphatic carbocycles. The predicted octanol–water partition coefficient (Wildman–Crippen LogP) is 4.93. The molecule has 1 aliphatic rings. The molecule has 1 aliphatic heterocycles. The van der Waals surface area contributed by atoms with E-state index in [2.05, 4.69) is 55.6 Å². The lowest BCUT2D eigenvalue weighted by Crippen LogP contribution is -2.31. The number of carbonyl (C=O) groups is 1. The zero-order chi connectivity index (χ0) is 16.2. The Bertz CT molecular complexity index is 687. The van der Waals surface area contributed by atoms with Crippen molar-refractivity contribution in [2.24, 2.45) is 0 Å². The molecule has 0 aromatic heterocycles. The van der Waals surface area contributed by atoms with Crippen LogP contribution in [0.4, 0.5) is 0 Å². The average molecular weight is 307 g/mol. The maximum absolute atomic E-state index is 11.8. The van der Waals surface area contributed by atoms with Crippen molar-refractivity contribution < 1.29 is 4.79 Å². The first-order chi connectivity index (χ1) is 11.2. The summed E-state index contributed by atoms with van der Waals surface area (Å²) in [5, 5.41) is 2.90. The molecule has 0 radical (unpaired) electrons. The molecule has 0 bridgehead atoms. The number of benzene rings is 2. The Morgan fingerprint density at radius 1 is 1.04 bits per heavy atom. The summed E-state index contributed by atoms with van der Waals surface area (Å²) in [6.07, 6.45) is 4.60. The van der Waals surface area contributed by atoms with Crippen molar-refractivity contribution in [2.45, 2.75) is 45.4 Å². The van der Waals surface area contributed by atoms with Gasteiger partial charge in [0.15, 0.2) is 0 Å². The third-order valence-electron chi connectivity index (χ3n) is 4.88. The summed E-state index contributed by atoms with van der Waals surface area (Å²) >= 11 is 0. The first-order valence-corrected chi connectivity index (χ1v) is 8.74. The lowest BCUT2D eigenvalue weighted by molar-refractivity contribution is 0.0946. The van der Waals surface area contributed by atoms with Gasteiger partial charge in [0.1, 0.15) is 0 Å². The Labute approximate surface area is 138 Å². The van der Waals surface area contributed by atoms with Gasteiger partial charge in [0.2, 0.25) is 0 Å². The van der Waals surface area contributed by atoms with Crippen molar-refractivity contribution in [3.05, 3.63) is 59.2 Å². The summed E-state index contributed by atoms with van der Waals surface area (Å²) in [5.41, 5.74) is 5.86. The lowest BCUT2D eigenvalue weighted by Gasteiger charge is -2.18. The molecule has 2 aromatic carbocycles. The monoisotopic (exact) mass is 307 g/mol. The zero-order valence-corrected chi connectivity index (χ0v) is 14.1. The topological polar surface area (TPSA) is 29.1 Å². The highest BCUT2D eigenvalue weighted by molar-refractivity contribution is 5.97. The molecule has 0 fully saturated rings. The molecule has 2 heteroatoms. The van der Waals surface area contributed by atoms with Gasteiger partial charge in [-0.2, -0.15) is 0 Å². The van der Waals surface area contributed by atoms with Gasteiger partial charge in [0, 0.05) is 12.1 Å². The van der Waals surface area contributed by atoms with Crippen molar-refractivity contribution in [3.63, 3.8) is 0 Å². The van der Waals surface area contributed by atoms with E-state index in [1.807, 2.05) is 6.07 Å². The Balaban J connectivity index is 1.86. The average Bonchev–Trinajstić information content (AvgIpc) is 2.60. The number of amides is 1.